The molecule has 3 aromatic rings. The van der Waals surface area contributed by atoms with Gasteiger partial charge in [0.15, 0.2) is 5.69 Å². The fourth-order valence-electron chi connectivity index (χ4n) is 4.38. The molecule has 3 aromatic carbocycles. The molecule has 33 heavy (non-hydrogen) atoms. The summed E-state index contributed by atoms with van der Waals surface area (Å²) in [6.07, 6.45) is 0.537. The van der Waals surface area contributed by atoms with Gasteiger partial charge in [0.25, 0.3) is 0 Å². The molecule has 0 aromatic heterocycles. The van der Waals surface area contributed by atoms with Crippen molar-refractivity contribution in [1.82, 2.24) is 4.90 Å². The number of nitrogens with zero attached hydrogens (tertiary/aromatic N) is 4. The first kappa shape index (κ1) is 22.8. The van der Waals surface area contributed by atoms with Crippen molar-refractivity contribution in [3.8, 4) is 6.07 Å². The van der Waals surface area contributed by atoms with Gasteiger partial charge >= 0.3 is 0 Å². The molecular formula is C27H25ClN4O. The largest absolute Gasteiger partial charge is 0.396 e. The van der Waals surface area contributed by atoms with E-state index in [4.69, 9.17) is 18.2 Å². The van der Waals surface area contributed by atoms with Crippen LogP contribution in [0.2, 0.25) is 5.02 Å². The Kier molecular flexibility index (Phi) is 7.27. The lowest BCUT2D eigenvalue weighted by molar-refractivity contribution is 0.215. The maximum atomic E-state index is 9.84. The minimum Gasteiger partial charge on any atom is -0.396 e. The summed E-state index contributed by atoms with van der Waals surface area (Å²) in [6, 6.07) is 24.0. The van der Waals surface area contributed by atoms with Gasteiger partial charge in [0.05, 0.1) is 23.9 Å². The molecule has 1 aliphatic rings. The molecule has 1 aliphatic heterocycles. The number of halogens is 1. The van der Waals surface area contributed by atoms with Crippen molar-refractivity contribution < 1.29 is 5.11 Å². The summed E-state index contributed by atoms with van der Waals surface area (Å²) < 4.78 is 0. The molecule has 4 rings (SSSR count). The number of piperazine rings is 1. The van der Waals surface area contributed by atoms with Crippen LogP contribution in [0.25, 0.3) is 4.85 Å². The molecule has 1 heterocycles. The third kappa shape index (κ3) is 5.35. The Balaban J connectivity index is 1.63. The van der Waals surface area contributed by atoms with E-state index in [1.807, 2.05) is 54.6 Å². The van der Waals surface area contributed by atoms with Gasteiger partial charge in [0.1, 0.15) is 6.07 Å². The standard InChI is InChI=1S/C27H25ClN4O/c1-30-25-9-2-21(3-10-25)18-31-13-14-32(27(19-31)22-5-7-24(28)8-6-22)26-11-4-20(12-15-33)16-23(26)17-29/h2-11,16,27,33H,12-15,18-19H2/t27-/m0/s1. The molecule has 0 spiro atoms. The van der Waals surface area contributed by atoms with Gasteiger partial charge in [-0.05, 0) is 47.4 Å². The first-order valence-corrected chi connectivity index (χ1v) is 11.3. The minimum atomic E-state index is 0.0627. The van der Waals surface area contributed by atoms with E-state index in [0.29, 0.717) is 22.7 Å². The van der Waals surface area contributed by atoms with E-state index in [2.05, 4.69) is 32.8 Å². The monoisotopic (exact) mass is 456 g/mol. The van der Waals surface area contributed by atoms with Crippen LogP contribution in [0.5, 0.6) is 0 Å². The summed E-state index contributed by atoms with van der Waals surface area (Å²) in [4.78, 5) is 8.19. The van der Waals surface area contributed by atoms with E-state index in [1.54, 1.807) is 0 Å². The Bertz CT molecular complexity index is 1180. The molecule has 0 unspecified atom stereocenters. The SMILES string of the molecule is [C-]#[N+]c1ccc(CN2CCN(c3ccc(CCO)cc3C#N)[C@H](c3ccc(Cl)cc3)C2)cc1. The van der Waals surface area contributed by atoms with Crippen molar-refractivity contribution >= 4 is 23.0 Å². The molecule has 1 fully saturated rings. The normalized spacial score (nSPS) is 16.2. The zero-order valence-corrected chi connectivity index (χ0v) is 19.0. The maximum absolute atomic E-state index is 9.84. The minimum absolute atomic E-state index is 0.0627. The van der Waals surface area contributed by atoms with Crippen molar-refractivity contribution in [1.29, 1.82) is 5.26 Å². The van der Waals surface area contributed by atoms with Gasteiger partial charge in [0.2, 0.25) is 0 Å². The van der Waals surface area contributed by atoms with Crippen LogP contribution in [0.1, 0.15) is 28.3 Å². The third-order valence-electron chi connectivity index (χ3n) is 6.08. The Labute approximate surface area is 199 Å². The Morgan fingerprint density at radius 2 is 1.76 bits per heavy atom. The summed E-state index contributed by atoms with van der Waals surface area (Å²) in [7, 11) is 0. The molecule has 0 amide bonds. The molecule has 1 atom stereocenters. The van der Waals surface area contributed by atoms with Crippen molar-refractivity contribution in [2.75, 3.05) is 31.1 Å². The second-order valence-corrected chi connectivity index (χ2v) is 8.65. The van der Waals surface area contributed by atoms with Gasteiger partial charge in [-0.3, -0.25) is 4.90 Å². The predicted molar refractivity (Wildman–Crippen MR) is 131 cm³/mol. The lowest BCUT2D eigenvalue weighted by atomic mass is 9.98. The van der Waals surface area contributed by atoms with Gasteiger partial charge < -0.3 is 10.0 Å². The second kappa shape index (κ2) is 10.5. The van der Waals surface area contributed by atoms with E-state index >= 15 is 0 Å². The number of aliphatic hydroxyl groups is 1. The average Bonchev–Trinajstić information content (AvgIpc) is 2.85. The third-order valence-corrected chi connectivity index (χ3v) is 6.33. The summed E-state index contributed by atoms with van der Waals surface area (Å²) in [5, 5.41) is 19.8. The lowest BCUT2D eigenvalue weighted by Crippen LogP contribution is -2.48. The highest BCUT2D eigenvalue weighted by atomic mass is 35.5. The Morgan fingerprint density at radius 3 is 2.42 bits per heavy atom. The molecule has 0 saturated carbocycles. The molecule has 166 valence electrons. The van der Waals surface area contributed by atoms with Crippen molar-refractivity contribution in [2.45, 2.75) is 19.0 Å². The van der Waals surface area contributed by atoms with Crippen LogP contribution in [0.3, 0.4) is 0 Å². The van der Waals surface area contributed by atoms with E-state index in [9.17, 15) is 10.4 Å². The first-order chi connectivity index (χ1) is 16.1. The second-order valence-electron chi connectivity index (χ2n) is 8.21. The average molecular weight is 457 g/mol. The van der Waals surface area contributed by atoms with Gasteiger partial charge in [0, 0.05) is 37.8 Å². The fraction of sp³-hybridized carbons (Fsp3) is 0.259. The molecule has 5 nitrogen and oxygen atoms in total. The van der Waals surface area contributed by atoms with Crippen LogP contribution in [0, 0.1) is 17.9 Å². The molecule has 1 N–H and O–H groups in total. The number of nitriles is 1. The van der Waals surface area contributed by atoms with Crippen LogP contribution in [-0.4, -0.2) is 36.2 Å². The molecule has 1 saturated heterocycles. The molecule has 0 radical (unpaired) electrons. The van der Waals surface area contributed by atoms with Gasteiger partial charge in [-0.2, -0.15) is 5.26 Å². The van der Waals surface area contributed by atoms with Gasteiger partial charge in [-0.15, -0.1) is 0 Å². The molecule has 6 heteroatoms. The van der Waals surface area contributed by atoms with E-state index in [-0.39, 0.29) is 12.6 Å². The highest BCUT2D eigenvalue weighted by Crippen LogP contribution is 2.34. The number of rotatable bonds is 6. The number of hydrogen-bond donors (Lipinski definition) is 1. The lowest BCUT2D eigenvalue weighted by Gasteiger charge is -2.43. The van der Waals surface area contributed by atoms with Crippen LogP contribution in [0.15, 0.2) is 66.7 Å². The van der Waals surface area contributed by atoms with Crippen molar-refractivity contribution in [3.05, 3.63) is 105 Å². The summed E-state index contributed by atoms with van der Waals surface area (Å²) in [5.74, 6) is 0. The first-order valence-electron chi connectivity index (χ1n) is 11.0. The van der Waals surface area contributed by atoms with E-state index in [0.717, 1.165) is 43.0 Å². The highest BCUT2D eigenvalue weighted by Gasteiger charge is 2.30. The Hall–Kier alpha value is -3.35. The predicted octanol–water partition coefficient (Wildman–Crippen LogP) is 5.36. The number of hydrogen-bond acceptors (Lipinski definition) is 4. The van der Waals surface area contributed by atoms with Gasteiger partial charge in [-0.25, -0.2) is 4.85 Å². The topological polar surface area (TPSA) is 54.9 Å². The summed E-state index contributed by atoms with van der Waals surface area (Å²) >= 11 is 6.15. The Morgan fingerprint density at radius 1 is 1.03 bits per heavy atom. The quantitative estimate of drug-likeness (QED) is 0.507. The number of aliphatic hydroxyl groups excluding tert-OH is 1. The van der Waals surface area contributed by atoms with E-state index in [1.165, 1.54) is 5.56 Å². The zero-order chi connectivity index (χ0) is 23.2. The van der Waals surface area contributed by atoms with Gasteiger partial charge in [-0.1, -0.05) is 54.1 Å². The number of benzene rings is 3. The maximum Gasteiger partial charge on any atom is 0.187 e. The summed E-state index contributed by atoms with van der Waals surface area (Å²) in [5.41, 5.74) is 5.48. The number of anilines is 1. The van der Waals surface area contributed by atoms with Crippen LogP contribution >= 0.6 is 11.6 Å². The van der Waals surface area contributed by atoms with Crippen LogP contribution in [-0.2, 0) is 13.0 Å². The zero-order valence-electron chi connectivity index (χ0n) is 18.3. The molecule has 0 aliphatic carbocycles. The van der Waals surface area contributed by atoms with E-state index < -0.39 is 0 Å². The molecule has 0 bridgehead atoms. The highest BCUT2D eigenvalue weighted by molar-refractivity contribution is 6.30. The van der Waals surface area contributed by atoms with Crippen LogP contribution < -0.4 is 4.90 Å². The smallest absolute Gasteiger partial charge is 0.187 e. The van der Waals surface area contributed by atoms with Crippen LogP contribution in [0.4, 0.5) is 11.4 Å². The fourth-order valence-corrected chi connectivity index (χ4v) is 4.51. The summed E-state index contributed by atoms with van der Waals surface area (Å²) in [6.45, 7) is 10.4. The molecular weight excluding hydrogens is 432 g/mol. The van der Waals surface area contributed by atoms with Crippen molar-refractivity contribution in [3.63, 3.8) is 0 Å². The van der Waals surface area contributed by atoms with Crippen molar-refractivity contribution in [2.24, 2.45) is 0 Å².